The molecular formula is C23H29N3O3S. The zero-order chi connectivity index (χ0) is 21.3. The fourth-order valence-electron chi connectivity index (χ4n) is 4.60. The maximum absolute atomic E-state index is 12.7. The van der Waals surface area contributed by atoms with E-state index in [1.165, 1.54) is 36.2 Å². The lowest BCUT2D eigenvalue weighted by molar-refractivity contribution is 0.102. The monoisotopic (exact) mass is 427 g/mol. The minimum absolute atomic E-state index is 0.141. The van der Waals surface area contributed by atoms with Gasteiger partial charge in [0.25, 0.3) is 5.91 Å². The van der Waals surface area contributed by atoms with E-state index >= 15 is 0 Å². The fraction of sp³-hybridized carbons (Fsp3) is 0.435. The van der Waals surface area contributed by atoms with Crippen LogP contribution in [0.1, 0.15) is 48.5 Å². The summed E-state index contributed by atoms with van der Waals surface area (Å²) in [5.41, 5.74) is 3.87. The van der Waals surface area contributed by atoms with E-state index < -0.39 is 10.0 Å². The van der Waals surface area contributed by atoms with Gasteiger partial charge < -0.3 is 10.6 Å². The standard InChI is InChI=1S/C23H29N3O3S/c1-16-13-19-14-18(7-12-22(19)26(16)30(2,28)29)23(27)25-21-10-8-20(9-11-21)24-15-17-5-3-4-6-17/h7-12,14,16-17,24H,3-6,13,15H2,1-2H3,(H,25,27). The molecule has 1 fully saturated rings. The van der Waals surface area contributed by atoms with Gasteiger partial charge in [0.15, 0.2) is 0 Å². The molecule has 4 rings (SSSR count). The molecule has 7 heteroatoms. The first kappa shape index (κ1) is 20.7. The van der Waals surface area contributed by atoms with Crippen LogP contribution in [0.2, 0.25) is 0 Å². The number of benzene rings is 2. The molecule has 2 aromatic rings. The van der Waals surface area contributed by atoms with Crippen molar-refractivity contribution in [2.45, 2.75) is 45.1 Å². The predicted octanol–water partition coefficient (Wildman–Crippen LogP) is 4.25. The van der Waals surface area contributed by atoms with Crippen LogP contribution in [0.4, 0.5) is 17.1 Å². The Bertz CT molecular complexity index is 1030. The van der Waals surface area contributed by atoms with Gasteiger partial charge in [-0.3, -0.25) is 9.10 Å². The summed E-state index contributed by atoms with van der Waals surface area (Å²) in [5, 5.41) is 6.41. The molecule has 1 aliphatic carbocycles. The molecule has 160 valence electrons. The van der Waals surface area contributed by atoms with E-state index in [1.54, 1.807) is 18.2 Å². The molecule has 0 saturated heterocycles. The van der Waals surface area contributed by atoms with Crippen LogP contribution in [0.15, 0.2) is 42.5 Å². The average molecular weight is 428 g/mol. The first-order chi connectivity index (χ1) is 14.3. The molecule has 0 spiro atoms. The molecule has 0 aromatic heterocycles. The Morgan fingerprint density at radius 3 is 2.40 bits per heavy atom. The topological polar surface area (TPSA) is 78.5 Å². The quantitative estimate of drug-likeness (QED) is 0.722. The van der Waals surface area contributed by atoms with Crippen molar-refractivity contribution in [1.82, 2.24) is 0 Å². The van der Waals surface area contributed by atoms with Crippen molar-refractivity contribution in [2.75, 3.05) is 27.7 Å². The number of rotatable bonds is 6. The normalized spacial score (nSPS) is 19.0. The third-order valence-electron chi connectivity index (χ3n) is 6.06. The van der Waals surface area contributed by atoms with Crippen molar-refractivity contribution >= 4 is 33.0 Å². The number of nitrogens with zero attached hydrogens (tertiary/aromatic N) is 1. The van der Waals surface area contributed by atoms with Crippen LogP contribution in [-0.2, 0) is 16.4 Å². The predicted molar refractivity (Wildman–Crippen MR) is 122 cm³/mol. The van der Waals surface area contributed by atoms with Crippen molar-refractivity contribution < 1.29 is 13.2 Å². The summed E-state index contributed by atoms with van der Waals surface area (Å²) in [5.74, 6) is 0.570. The van der Waals surface area contributed by atoms with E-state index in [0.717, 1.165) is 29.4 Å². The summed E-state index contributed by atoms with van der Waals surface area (Å²) >= 11 is 0. The largest absolute Gasteiger partial charge is 0.385 e. The Labute approximate surface area is 178 Å². The van der Waals surface area contributed by atoms with E-state index in [0.29, 0.717) is 17.7 Å². The lowest BCUT2D eigenvalue weighted by Gasteiger charge is -2.21. The second kappa shape index (κ2) is 8.30. The number of hydrogen-bond donors (Lipinski definition) is 2. The zero-order valence-electron chi connectivity index (χ0n) is 17.5. The molecule has 1 unspecified atom stereocenters. The van der Waals surface area contributed by atoms with Gasteiger partial charge >= 0.3 is 0 Å². The van der Waals surface area contributed by atoms with E-state index in [1.807, 2.05) is 31.2 Å². The number of carbonyl (C=O) groups is 1. The maximum Gasteiger partial charge on any atom is 0.255 e. The molecule has 2 N–H and O–H groups in total. The van der Waals surface area contributed by atoms with Crippen molar-refractivity contribution in [3.05, 3.63) is 53.6 Å². The Kier molecular flexibility index (Phi) is 5.73. The van der Waals surface area contributed by atoms with Crippen LogP contribution in [0.3, 0.4) is 0 Å². The molecule has 1 amide bonds. The first-order valence-electron chi connectivity index (χ1n) is 10.6. The molecule has 0 radical (unpaired) electrons. The highest BCUT2D eigenvalue weighted by atomic mass is 32.2. The van der Waals surface area contributed by atoms with E-state index in [9.17, 15) is 13.2 Å². The summed E-state index contributed by atoms with van der Waals surface area (Å²) in [6.07, 6.45) is 7.11. The molecule has 1 heterocycles. The van der Waals surface area contributed by atoms with Crippen molar-refractivity contribution in [3.63, 3.8) is 0 Å². The SMILES string of the molecule is CC1Cc2cc(C(=O)Nc3ccc(NCC4CCCC4)cc3)ccc2N1S(C)(=O)=O. The van der Waals surface area contributed by atoms with Crippen LogP contribution >= 0.6 is 0 Å². The number of anilines is 3. The Balaban J connectivity index is 1.40. The lowest BCUT2D eigenvalue weighted by atomic mass is 10.1. The molecule has 1 aliphatic heterocycles. The highest BCUT2D eigenvalue weighted by molar-refractivity contribution is 7.92. The first-order valence-corrected chi connectivity index (χ1v) is 12.4. The molecule has 2 aliphatic rings. The molecule has 1 saturated carbocycles. The number of nitrogens with one attached hydrogen (secondary N) is 2. The second-order valence-corrected chi connectivity index (χ2v) is 10.4. The van der Waals surface area contributed by atoms with Gasteiger partial charge in [-0.2, -0.15) is 0 Å². The summed E-state index contributed by atoms with van der Waals surface area (Å²) in [4.78, 5) is 12.7. The molecule has 30 heavy (non-hydrogen) atoms. The van der Waals surface area contributed by atoms with E-state index in [4.69, 9.17) is 0 Å². The molecule has 1 atom stereocenters. The van der Waals surface area contributed by atoms with E-state index in [-0.39, 0.29) is 11.9 Å². The van der Waals surface area contributed by atoms with Crippen LogP contribution < -0.4 is 14.9 Å². The van der Waals surface area contributed by atoms with Crippen LogP contribution in [-0.4, -0.2) is 33.2 Å². The van der Waals surface area contributed by atoms with Crippen molar-refractivity contribution in [1.29, 1.82) is 0 Å². The van der Waals surface area contributed by atoms with Crippen molar-refractivity contribution in [3.8, 4) is 0 Å². The maximum atomic E-state index is 12.7. The minimum atomic E-state index is -3.33. The summed E-state index contributed by atoms with van der Waals surface area (Å²) in [7, 11) is -3.33. The van der Waals surface area contributed by atoms with Gasteiger partial charge in [0.2, 0.25) is 10.0 Å². The van der Waals surface area contributed by atoms with Crippen molar-refractivity contribution in [2.24, 2.45) is 5.92 Å². The Morgan fingerprint density at radius 1 is 1.07 bits per heavy atom. The fourth-order valence-corrected chi connectivity index (χ4v) is 5.86. The van der Waals surface area contributed by atoms with Gasteiger partial charge in [-0.25, -0.2) is 8.42 Å². The smallest absolute Gasteiger partial charge is 0.255 e. The van der Waals surface area contributed by atoms with Crippen LogP contribution in [0, 0.1) is 5.92 Å². The number of hydrogen-bond acceptors (Lipinski definition) is 4. The molecule has 2 aromatic carbocycles. The van der Waals surface area contributed by atoms with Gasteiger partial charge in [0, 0.05) is 29.5 Å². The lowest BCUT2D eigenvalue weighted by Crippen LogP contribution is -2.34. The van der Waals surface area contributed by atoms with Gasteiger partial charge in [-0.05, 0) is 80.1 Å². The minimum Gasteiger partial charge on any atom is -0.385 e. The van der Waals surface area contributed by atoms with E-state index in [2.05, 4.69) is 10.6 Å². The molecule has 6 nitrogen and oxygen atoms in total. The number of sulfonamides is 1. The Morgan fingerprint density at radius 2 is 1.73 bits per heavy atom. The van der Waals surface area contributed by atoms with Gasteiger partial charge in [0.05, 0.1) is 11.9 Å². The third kappa shape index (κ3) is 4.46. The highest BCUT2D eigenvalue weighted by Gasteiger charge is 2.32. The summed E-state index contributed by atoms with van der Waals surface area (Å²) in [6.45, 7) is 2.88. The summed E-state index contributed by atoms with van der Waals surface area (Å²) < 4.78 is 25.5. The average Bonchev–Trinajstić information content (AvgIpc) is 3.32. The summed E-state index contributed by atoms with van der Waals surface area (Å²) in [6, 6.07) is 12.8. The number of amides is 1. The van der Waals surface area contributed by atoms with Gasteiger partial charge in [-0.1, -0.05) is 12.8 Å². The molecular weight excluding hydrogens is 398 g/mol. The Hall–Kier alpha value is -2.54. The second-order valence-electron chi connectivity index (χ2n) is 8.52. The van der Waals surface area contributed by atoms with Gasteiger partial charge in [-0.15, -0.1) is 0 Å². The highest BCUT2D eigenvalue weighted by Crippen LogP contribution is 2.35. The zero-order valence-corrected chi connectivity index (χ0v) is 18.3. The van der Waals surface area contributed by atoms with Gasteiger partial charge in [0.1, 0.15) is 0 Å². The number of fused-ring (bicyclic) bond motifs is 1. The third-order valence-corrected chi connectivity index (χ3v) is 7.34. The number of carbonyl (C=O) groups excluding carboxylic acids is 1. The molecule has 0 bridgehead atoms. The van der Waals surface area contributed by atoms with Crippen LogP contribution in [0.25, 0.3) is 0 Å². The van der Waals surface area contributed by atoms with Crippen LogP contribution in [0.5, 0.6) is 0 Å².